The highest BCUT2D eigenvalue weighted by molar-refractivity contribution is 5.94. The number of hydrogen-bond donors (Lipinski definition) is 1. The number of nitrogen functional groups attached to an aromatic ring is 1. The minimum Gasteiger partial charge on any atom is -0.399 e. The topological polar surface area (TPSA) is 56.0 Å². The zero-order valence-electron chi connectivity index (χ0n) is 10.7. The van der Waals surface area contributed by atoms with Gasteiger partial charge >= 0.3 is 0 Å². The van der Waals surface area contributed by atoms with Crippen molar-refractivity contribution < 1.29 is 4.79 Å². The van der Waals surface area contributed by atoms with E-state index in [9.17, 15) is 4.79 Å². The van der Waals surface area contributed by atoms with Gasteiger partial charge in [-0.1, -0.05) is 12.1 Å². The molecule has 0 bridgehead atoms. The molecule has 1 aliphatic carbocycles. The summed E-state index contributed by atoms with van der Waals surface area (Å²) in [4.78, 5) is 16.5. The number of nitrogens with two attached hydrogens (primary N) is 1. The zero-order chi connectivity index (χ0) is 13.3. The molecule has 0 unspecified atom stereocenters. The molecular formula is C16H16N2O. The van der Waals surface area contributed by atoms with Gasteiger partial charge in [-0.05, 0) is 48.2 Å². The number of aromatic nitrogens is 1. The summed E-state index contributed by atoms with van der Waals surface area (Å²) in [5, 5.41) is 0. The predicted molar refractivity (Wildman–Crippen MR) is 74.7 cm³/mol. The number of Topliss-reactive ketones (excluding diaryl/α,β-unsaturated/α-hetero) is 1. The minimum atomic E-state index is -0.267. The Hall–Kier alpha value is -2.16. The van der Waals surface area contributed by atoms with Crippen molar-refractivity contribution in [2.45, 2.75) is 24.7 Å². The van der Waals surface area contributed by atoms with Crippen molar-refractivity contribution >= 4 is 11.5 Å². The second-order valence-corrected chi connectivity index (χ2v) is 5.16. The summed E-state index contributed by atoms with van der Waals surface area (Å²) in [6.45, 7) is 0. The Labute approximate surface area is 112 Å². The number of pyridine rings is 1. The number of anilines is 1. The van der Waals surface area contributed by atoms with Crippen molar-refractivity contribution in [3.63, 3.8) is 0 Å². The van der Waals surface area contributed by atoms with Crippen LogP contribution in [0.5, 0.6) is 0 Å². The molecule has 0 spiro atoms. The maximum Gasteiger partial charge on any atom is 0.147 e. The molecule has 0 amide bonds. The third kappa shape index (κ3) is 2.24. The molecule has 3 nitrogen and oxygen atoms in total. The monoisotopic (exact) mass is 252 g/mol. The summed E-state index contributed by atoms with van der Waals surface area (Å²) in [7, 11) is 0. The largest absolute Gasteiger partial charge is 0.399 e. The van der Waals surface area contributed by atoms with Crippen LogP contribution in [0, 0.1) is 0 Å². The average molecular weight is 252 g/mol. The third-order valence-corrected chi connectivity index (χ3v) is 3.86. The second kappa shape index (κ2) is 4.50. The molecule has 3 rings (SSSR count). The molecule has 0 aliphatic heterocycles. The van der Waals surface area contributed by atoms with E-state index in [1.165, 1.54) is 0 Å². The Morgan fingerprint density at radius 1 is 1.11 bits per heavy atom. The Morgan fingerprint density at radius 3 is 2.32 bits per heavy atom. The van der Waals surface area contributed by atoms with Crippen LogP contribution in [0.3, 0.4) is 0 Å². The van der Waals surface area contributed by atoms with Crippen molar-refractivity contribution in [3.05, 3.63) is 59.9 Å². The first-order valence-electron chi connectivity index (χ1n) is 6.49. The lowest BCUT2D eigenvalue weighted by Crippen LogP contribution is -2.22. The smallest absolute Gasteiger partial charge is 0.147 e. The summed E-state index contributed by atoms with van der Waals surface area (Å²) in [5.74, 6) is 0.295. The molecule has 1 saturated carbocycles. The molecule has 0 atom stereocenters. The second-order valence-electron chi connectivity index (χ2n) is 5.16. The van der Waals surface area contributed by atoms with Crippen molar-refractivity contribution in [3.8, 4) is 0 Å². The quantitative estimate of drug-likeness (QED) is 0.851. The fraction of sp³-hybridized carbons (Fsp3) is 0.250. The first-order valence-corrected chi connectivity index (χ1v) is 6.49. The molecule has 2 aromatic rings. The van der Waals surface area contributed by atoms with E-state index in [2.05, 4.69) is 4.98 Å². The fourth-order valence-electron chi connectivity index (χ4n) is 2.51. The van der Waals surface area contributed by atoms with Gasteiger partial charge in [0.15, 0.2) is 0 Å². The summed E-state index contributed by atoms with van der Waals surface area (Å²) in [5.41, 5.74) is 8.30. The molecule has 19 heavy (non-hydrogen) atoms. The van der Waals surface area contributed by atoms with E-state index >= 15 is 0 Å². The van der Waals surface area contributed by atoms with Crippen molar-refractivity contribution in [2.75, 3.05) is 5.73 Å². The summed E-state index contributed by atoms with van der Waals surface area (Å²) in [6, 6.07) is 11.5. The highest BCUT2D eigenvalue weighted by atomic mass is 16.1. The van der Waals surface area contributed by atoms with Gasteiger partial charge < -0.3 is 5.73 Å². The first kappa shape index (κ1) is 11.9. The lowest BCUT2D eigenvalue weighted by molar-refractivity contribution is -0.120. The fourth-order valence-corrected chi connectivity index (χ4v) is 2.51. The normalized spacial score (nSPS) is 16.0. The van der Waals surface area contributed by atoms with Crippen LogP contribution in [0.4, 0.5) is 5.69 Å². The predicted octanol–water partition coefficient (Wildman–Crippen LogP) is 2.51. The molecule has 1 fully saturated rings. The minimum absolute atomic E-state index is 0.267. The Morgan fingerprint density at radius 2 is 1.74 bits per heavy atom. The first-order chi connectivity index (χ1) is 9.21. The van der Waals surface area contributed by atoms with Crippen molar-refractivity contribution in [1.29, 1.82) is 0 Å². The van der Waals surface area contributed by atoms with E-state index < -0.39 is 0 Å². The Kier molecular flexibility index (Phi) is 2.82. The molecular weight excluding hydrogens is 236 g/mol. The highest BCUT2D eigenvalue weighted by Crippen LogP contribution is 2.49. The molecule has 0 saturated heterocycles. The Balaban J connectivity index is 1.81. The van der Waals surface area contributed by atoms with Gasteiger partial charge in [-0.3, -0.25) is 9.78 Å². The lowest BCUT2D eigenvalue weighted by atomic mass is 9.88. The molecule has 1 aliphatic rings. The Bertz CT molecular complexity index is 586. The average Bonchev–Trinajstić information content (AvgIpc) is 3.22. The van der Waals surface area contributed by atoms with Gasteiger partial charge in [-0.25, -0.2) is 0 Å². The maximum atomic E-state index is 12.5. The van der Waals surface area contributed by atoms with Gasteiger partial charge in [-0.2, -0.15) is 0 Å². The number of nitrogens with zero attached hydrogens (tertiary/aromatic N) is 1. The van der Waals surface area contributed by atoms with E-state index in [1.54, 1.807) is 12.4 Å². The maximum absolute atomic E-state index is 12.5. The molecule has 0 radical (unpaired) electrons. The highest BCUT2D eigenvalue weighted by Gasteiger charge is 2.50. The number of ketones is 1. The molecule has 1 heterocycles. The van der Waals surface area contributed by atoms with E-state index in [4.69, 9.17) is 5.73 Å². The lowest BCUT2D eigenvalue weighted by Gasteiger charge is -2.14. The summed E-state index contributed by atoms with van der Waals surface area (Å²) in [6.07, 6.45) is 5.82. The van der Waals surface area contributed by atoms with Crippen LogP contribution in [0.1, 0.15) is 24.0 Å². The number of carbonyl (C=O) groups is 1. The van der Waals surface area contributed by atoms with E-state index in [0.29, 0.717) is 12.2 Å². The van der Waals surface area contributed by atoms with E-state index in [-0.39, 0.29) is 5.41 Å². The van der Waals surface area contributed by atoms with Crippen molar-refractivity contribution in [2.24, 2.45) is 0 Å². The molecule has 96 valence electrons. The number of hydrogen-bond acceptors (Lipinski definition) is 3. The van der Waals surface area contributed by atoms with Gasteiger partial charge in [0.05, 0.1) is 5.41 Å². The van der Waals surface area contributed by atoms with Crippen molar-refractivity contribution in [1.82, 2.24) is 4.98 Å². The number of benzene rings is 1. The van der Waals surface area contributed by atoms with Gasteiger partial charge in [0.2, 0.25) is 0 Å². The van der Waals surface area contributed by atoms with Gasteiger partial charge in [0, 0.05) is 24.5 Å². The molecule has 2 N–H and O–H groups in total. The van der Waals surface area contributed by atoms with Gasteiger partial charge in [0.1, 0.15) is 5.78 Å². The number of carbonyl (C=O) groups excluding carboxylic acids is 1. The number of rotatable bonds is 4. The third-order valence-electron chi connectivity index (χ3n) is 3.86. The molecule has 1 aromatic heterocycles. The van der Waals surface area contributed by atoms with Crippen LogP contribution < -0.4 is 5.73 Å². The van der Waals surface area contributed by atoms with Crippen LogP contribution in [-0.2, 0) is 16.6 Å². The summed E-state index contributed by atoms with van der Waals surface area (Å²) < 4.78 is 0. The van der Waals surface area contributed by atoms with Gasteiger partial charge in [-0.15, -0.1) is 0 Å². The van der Waals surface area contributed by atoms with E-state index in [1.807, 2.05) is 36.4 Å². The van der Waals surface area contributed by atoms with Gasteiger partial charge in [0.25, 0.3) is 0 Å². The van der Waals surface area contributed by atoms with Crippen LogP contribution in [-0.4, -0.2) is 10.8 Å². The van der Waals surface area contributed by atoms with Crippen LogP contribution in [0.15, 0.2) is 48.8 Å². The zero-order valence-corrected chi connectivity index (χ0v) is 10.7. The van der Waals surface area contributed by atoms with E-state index in [0.717, 1.165) is 29.7 Å². The summed E-state index contributed by atoms with van der Waals surface area (Å²) >= 11 is 0. The molecule has 3 heteroatoms. The van der Waals surface area contributed by atoms with Crippen LogP contribution >= 0.6 is 0 Å². The van der Waals surface area contributed by atoms with Crippen LogP contribution in [0.2, 0.25) is 0 Å². The SMILES string of the molecule is Nc1ccc(C2(C(=O)Cc3ccncc3)CC2)cc1. The standard InChI is InChI=1S/C16H16N2O/c17-14-3-1-13(2-4-14)16(7-8-16)15(19)11-12-5-9-18-10-6-12/h1-6,9-10H,7-8,11,17H2. The van der Waals surface area contributed by atoms with Crippen LogP contribution in [0.25, 0.3) is 0 Å². The molecule has 1 aromatic carbocycles.